The van der Waals surface area contributed by atoms with Gasteiger partial charge in [-0.15, -0.1) is 0 Å². The summed E-state index contributed by atoms with van der Waals surface area (Å²) in [6.07, 6.45) is -0.132. The monoisotopic (exact) mass is 400 g/mol. The molecule has 0 saturated carbocycles. The third-order valence-electron chi connectivity index (χ3n) is 4.42. The maximum Gasteiger partial charge on any atom is 0.332 e. The predicted molar refractivity (Wildman–Crippen MR) is 105 cm³/mol. The van der Waals surface area contributed by atoms with Gasteiger partial charge in [0.05, 0.1) is 29.4 Å². The molecule has 1 amide bonds. The van der Waals surface area contributed by atoms with Gasteiger partial charge in [-0.3, -0.25) is 23.8 Å². The standard InChI is InChI=1S/C17H16N6O4S/c1-22-14-13(15(25)23(2)17(22)26)10(20-21-14)7-12(24)19-16-18-9-6-8(27-3)4-5-11(9)28-16/h4-6H,7H2,1-3H3,(H,20,21)(H,18,19,24). The molecule has 0 spiro atoms. The number of benzene rings is 1. The largest absolute Gasteiger partial charge is 0.497 e. The van der Waals surface area contributed by atoms with Crippen LogP contribution >= 0.6 is 11.3 Å². The van der Waals surface area contributed by atoms with Gasteiger partial charge in [0, 0.05) is 20.2 Å². The fraction of sp³-hybridized carbons (Fsp3) is 0.235. The number of rotatable bonds is 4. The van der Waals surface area contributed by atoms with E-state index in [0.717, 1.165) is 9.27 Å². The van der Waals surface area contributed by atoms with Crippen LogP contribution in [0.2, 0.25) is 0 Å². The van der Waals surface area contributed by atoms with Crippen molar-refractivity contribution in [3.63, 3.8) is 0 Å². The first kappa shape index (κ1) is 17.9. The quantitative estimate of drug-likeness (QED) is 0.521. The Balaban J connectivity index is 1.62. The summed E-state index contributed by atoms with van der Waals surface area (Å²) in [6, 6.07) is 5.47. The van der Waals surface area contributed by atoms with Crippen LogP contribution in [0.4, 0.5) is 5.13 Å². The van der Waals surface area contributed by atoms with Gasteiger partial charge in [0.15, 0.2) is 5.13 Å². The Labute approximate surface area is 161 Å². The van der Waals surface area contributed by atoms with E-state index in [4.69, 9.17) is 4.74 Å². The summed E-state index contributed by atoms with van der Waals surface area (Å²) in [7, 11) is 4.49. The molecular weight excluding hydrogens is 384 g/mol. The van der Waals surface area contributed by atoms with Crippen LogP contribution in [-0.2, 0) is 25.3 Å². The number of hydrogen-bond donors (Lipinski definition) is 2. The van der Waals surface area contributed by atoms with Gasteiger partial charge in [-0.1, -0.05) is 11.3 Å². The number of aryl methyl sites for hydroxylation is 1. The molecule has 11 heteroatoms. The Bertz CT molecular complexity index is 1350. The number of fused-ring (bicyclic) bond motifs is 2. The Kier molecular flexibility index (Phi) is 4.23. The van der Waals surface area contributed by atoms with Gasteiger partial charge in [0.2, 0.25) is 5.91 Å². The first-order chi connectivity index (χ1) is 13.4. The maximum absolute atomic E-state index is 12.5. The smallest absolute Gasteiger partial charge is 0.332 e. The number of nitrogens with zero attached hydrogens (tertiary/aromatic N) is 4. The van der Waals surface area contributed by atoms with Gasteiger partial charge in [-0.2, -0.15) is 5.10 Å². The molecule has 0 aliphatic rings. The zero-order valence-corrected chi connectivity index (χ0v) is 16.1. The van der Waals surface area contributed by atoms with E-state index in [0.29, 0.717) is 16.4 Å². The molecule has 0 aliphatic carbocycles. The number of ether oxygens (including phenoxy) is 1. The molecule has 0 fully saturated rings. The van der Waals surface area contributed by atoms with Crippen molar-refractivity contribution < 1.29 is 9.53 Å². The van der Waals surface area contributed by atoms with Crippen LogP contribution in [0, 0.1) is 0 Å². The zero-order chi connectivity index (χ0) is 20.0. The molecule has 0 atom stereocenters. The lowest BCUT2D eigenvalue weighted by Gasteiger charge is -2.03. The van der Waals surface area contributed by atoms with Crippen molar-refractivity contribution in [3.05, 3.63) is 44.7 Å². The minimum absolute atomic E-state index is 0.132. The van der Waals surface area contributed by atoms with Crippen molar-refractivity contribution in [3.8, 4) is 5.75 Å². The van der Waals surface area contributed by atoms with Crippen molar-refractivity contribution in [2.45, 2.75) is 6.42 Å². The van der Waals surface area contributed by atoms with E-state index < -0.39 is 11.2 Å². The molecule has 144 valence electrons. The molecule has 28 heavy (non-hydrogen) atoms. The molecular formula is C17H16N6O4S. The molecule has 10 nitrogen and oxygen atoms in total. The topological polar surface area (TPSA) is 124 Å². The van der Waals surface area contributed by atoms with Crippen LogP contribution in [-0.4, -0.2) is 37.3 Å². The molecule has 3 heterocycles. The normalized spacial score (nSPS) is 11.2. The Morgan fingerprint density at radius 2 is 2.07 bits per heavy atom. The van der Waals surface area contributed by atoms with E-state index in [1.54, 1.807) is 13.2 Å². The summed E-state index contributed by atoms with van der Waals surface area (Å²) in [5.41, 5.74) is 0.298. The van der Waals surface area contributed by atoms with Crippen molar-refractivity contribution >= 4 is 43.6 Å². The van der Waals surface area contributed by atoms with Crippen molar-refractivity contribution in [2.24, 2.45) is 14.1 Å². The lowest BCUT2D eigenvalue weighted by molar-refractivity contribution is -0.115. The lowest BCUT2D eigenvalue weighted by atomic mass is 10.2. The molecule has 2 N–H and O–H groups in total. The summed E-state index contributed by atoms with van der Waals surface area (Å²) in [4.78, 5) is 41.3. The second-order valence-corrected chi connectivity index (χ2v) is 7.21. The third kappa shape index (κ3) is 2.85. The molecule has 0 saturated heterocycles. The lowest BCUT2D eigenvalue weighted by Crippen LogP contribution is -2.37. The number of methoxy groups -OCH3 is 1. The van der Waals surface area contributed by atoms with Crippen molar-refractivity contribution in [1.82, 2.24) is 24.3 Å². The summed E-state index contributed by atoms with van der Waals surface area (Å²) >= 11 is 1.33. The molecule has 3 aromatic heterocycles. The number of thiazole rings is 1. The molecule has 0 radical (unpaired) electrons. The van der Waals surface area contributed by atoms with Gasteiger partial charge >= 0.3 is 5.69 Å². The summed E-state index contributed by atoms with van der Waals surface area (Å²) in [6.45, 7) is 0. The first-order valence-electron chi connectivity index (χ1n) is 8.26. The van der Waals surface area contributed by atoms with Gasteiger partial charge < -0.3 is 10.1 Å². The number of aromatic nitrogens is 5. The molecule has 0 aliphatic heterocycles. The number of carbonyl (C=O) groups excluding carboxylic acids is 1. The number of H-pyrrole nitrogens is 1. The maximum atomic E-state index is 12.5. The average Bonchev–Trinajstić information content (AvgIpc) is 3.27. The zero-order valence-electron chi connectivity index (χ0n) is 15.3. The van der Waals surface area contributed by atoms with Crippen LogP contribution in [0.5, 0.6) is 5.75 Å². The predicted octanol–water partition coefficient (Wildman–Crippen LogP) is 0.760. The van der Waals surface area contributed by atoms with Crippen LogP contribution in [0.15, 0.2) is 27.8 Å². The second-order valence-electron chi connectivity index (χ2n) is 6.18. The van der Waals surface area contributed by atoms with Crippen molar-refractivity contribution in [1.29, 1.82) is 0 Å². The Morgan fingerprint density at radius 1 is 1.29 bits per heavy atom. The van der Waals surface area contributed by atoms with Crippen molar-refractivity contribution in [2.75, 3.05) is 12.4 Å². The average molecular weight is 400 g/mol. The molecule has 0 bridgehead atoms. The van der Waals surface area contributed by atoms with E-state index in [-0.39, 0.29) is 29.1 Å². The summed E-state index contributed by atoms with van der Waals surface area (Å²) in [5, 5.41) is 10.1. The second kappa shape index (κ2) is 6.60. The van der Waals surface area contributed by atoms with Crippen LogP contribution < -0.4 is 21.3 Å². The van der Waals surface area contributed by atoms with E-state index >= 15 is 0 Å². The van der Waals surface area contributed by atoms with Crippen LogP contribution in [0.1, 0.15) is 5.69 Å². The number of carbonyl (C=O) groups is 1. The van der Waals surface area contributed by atoms with Crippen LogP contribution in [0.25, 0.3) is 21.3 Å². The van der Waals surface area contributed by atoms with E-state index in [9.17, 15) is 14.4 Å². The highest BCUT2D eigenvalue weighted by atomic mass is 32.1. The number of hydrogen-bond acceptors (Lipinski definition) is 7. The molecule has 4 aromatic rings. The van der Waals surface area contributed by atoms with E-state index in [1.807, 2.05) is 12.1 Å². The Morgan fingerprint density at radius 3 is 2.82 bits per heavy atom. The minimum Gasteiger partial charge on any atom is -0.497 e. The Hall–Kier alpha value is -3.47. The SMILES string of the molecule is COc1ccc2sc(NC(=O)Cc3n[nH]c4c3c(=O)n(C)c(=O)n4C)nc2c1. The highest BCUT2D eigenvalue weighted by Crippen LogP contribution is 2.28. The number of aromatic amines is 1. The van der Waals surface area contributed by atoms with Gasteiger partial charge in [-0.05, 0) is 12.1 Å². The first-order valence-corrected chi connectivity index (χ1v) is 9.08. The highest BCUT2D eigenvalue weighted by molar-refractivity contribution is 7.22. The van der Waals surface area contributed by atoms with Crippen LogP contribution in [0.3, 0.4) is 0 Å². The number of anilines is 1. The summed E-state index contributed by atoms with van der Waals surface area (Å²) in [5.74, 6) is 0.315. The third-order valence-corrected chi connectivity index (χ3v) is 5.37. The van der Waals surface area contributed by atoms with Gasteiger partial charge in [-0.25, -0.2) is 9.78 Å². The number of nitrogens with one attached hydrogen (secondary N) is 2. The fourth-order valence-corrected chi connectivity index (χ4v) is 3.81. The van der Waals surface area contributed by atoms with E-state index in [1.165, 1.54) is 30.0 Å². The van der Waals surface area contributed by atoms with E-state index in [2.05, 4.69) is 20.5 Å². The molecule has 0 unspecified atom stereocenters. The van der Waals surface area contributed by atoms with Gasteiger partial charge in [0.25, 0.3) is 5.56 Å². The fourth-order valence-electron chi connectivity index (χ4n) is 2.94. The highest BCUT2D eigenvalue weighted by Gasteiger charge is 2.18. The molecule has 1 aromatic carbocycles. The molecule has 4 rings (SSSR count). The minimum atomic E-state index is -0.498. The summed E-state index contributed by atoms with van der Waals surface area (Å²) < 4.78 is 8.35. The number of amides is 1. The van der Waals surface area contributed by atoms with Gasteiger partial charge in [0.1, 0.15) is 16.8 Å².